The van der Waals surface area contributed by atoms with Crippen LogP contribution in [0.15, 0.2) is 48.5 Å². The van der Waals surface area contributed by atoms with Crippen molar-refractivity contribution in [1.82, 2.24) is 10.2 Å². The number of hydrogen-bond acceptors (Lipinski definition) is 2. The Balaban J connectivity index is 2.07. The summed E-state index contributed by atoms with van der Waals surface area (Å²) in [7, 11) is 0. The molecule has 2 aromatic carbocycles. The number of hydrogen-bond donors (Lipinski definition) is 1. The van der Waals surface area contributed by atoms with Crippen molar-refractivity contribution >= 4 is 35.0 Å². The van der Waals surface area contributed by atoms with Gasteiger partial charge in [0.15, 0.2) is 0 Å². The van der Waals surface area contributed by atoms with Gasteiger partial charge in [0.2, 0.25) is 11.8 Å². The number of benzene rings is 2. The lowest BCUT2D eigenvalue weighted by Crippen LogP contribution is -2.47. The van der Waals surface area contributed by atoms with Crippen LogP contribution < -0.4 is 5.32 Å². The van der Waals surface area contributed by atoms with Crippen LogP contribution in [0, 0.1) is 0 Å². The van der Waals surface area contributed by atoms with Crippen LogP contribution in [0.5, 0.6) is 0 Å². The van der Waals surface area contributed by atoms with Gasteiger partial charge in [0.25, 0.3) is 0 Å². The number of amides is 2. The highest BCUT2D eigenvalue weighted by molar-refractivity contribution is 6.35. The molecule has 1 atom stereocenters. The lowest BCUT2D eigenvalue weighted by Gasteiger charge is -2.29. The zero-order valence-electron chi connectivity index (χ0n) is 15.5. The Bertz CT molecular complexity index is 781. The molecule has 27 heavy (non-hydrogen) atoms. The predicted molar refractivity (Wildman–Crippen MR) is 110 cm³/mol. The van der Waals surface area contributed by atoms with Crippen molar-refractivity contribution in [3.05, 3.63) is 69.7 Å². The van der Waals surface area contributed by atoms with Crippen LogP contribution >= 0.6 is 23.2 Å². The highest BCUT2D eigenvalue weighted by Gasteiger charge is 2.25. The summed E-state index contributed by atoms with van der Waals surface area (Å²) in [5.41, 5.74) is 1.76. The maximum Gasteiger partial charge on any atom is 0.242 e. The molecule has 6 heteroatoms. The van der Waals surface area contributed by atoms with Gasteiger partial charge < -0.3 is 10.2 Å². The number of rotatable bonds is 8. The first kappa shape index (κ1) is 21.3. The number of nitrogens with one attached hydrogen (secondary N) is 1. The van der Waals surface area contributed by atoms with Crippen LogP contribution in [0.25, 0.3) is 0 Å². The van der Waals surface area contributed by atoms with Crippen molar-refractivity contribution in [3.63, 3.8) is 0 Å². The van der Waals surface area contributed by atoms with Crippen molar-refractivity contribution in [1.29, 1.82) is 0 Å². The van der Waals surface area contributed by atoms with Gasteiger partial charge in [0.1, 0.15) is 6.04 Å². The smallest absolute Gasteiger partial charge is 0.242 e. The molecule has 0 aliphatic carbocycles. The van der Waals surface area contributed by atoms with Crippen LogP contribution in [-0.4, -0.2) is 22.8 Å². The minimum absolute atomic E-state index is 0.0338. The first-order valence-corrected chi connectivity index (χ1v) is 9.73. The standard InChI is InChI=1S/C21H24Cl2N2O2/c1-3-7-20(26)25(14-16-8-5-4-6-9-16)15(2)21(27)24-13-17-10-11-18(22)12-19(17)23/h4-6,8-12,15H,3,7,13-14H2,1-2H3,(H,24,27)/t15-/m1/s1. The molecule has 0 aliphatic heterocycles. The average Bonchev–Trinajstić information content (AvgIpc) is 2.65. The molecule has 0 radical (unpaired) electrons. The van der Waals surface area contributed by atoms with Crippen molar-refractivity contribution < 1.29 is 9.59 Å². The van der Waals surface area contributed by atoms with Gasteiger partial charge in [-0.2, -0.15) is 0 Å². The van der Waals surface area contributed by atoms with Crippen LogP contribution in [0.4, 0.5) is 0 Å². The molecular formula is C21H24Cl2N2O2. The summed E-state index contributed by atoms with van der Waals surface area (Å²) >= 11 is 12.1. The number of carbonyl (C=O) groups is 2. The summed E-state index contributed by atoms with van der Waals surface area (Å²) in [5.74, 6) is -0.255. The highest BCUT2D eigenvalue weighted by atomic mass is 35.5. The molecule has 0 saturated carbocycles. The van der Waals surface area contributed by atoms with Gasteiger partial charge in [-0.15, -0.1) is 0 Å². The zero-order valence-corrected chi connectivity index (χ0v) is 17.1. The Morgan fingerprint density at radius 1 is 1.11 bits per heavy atom. The molecule has 2 amide bonds. The number of halogens is 2. The quantitative estimate of drug-likeness (QED) is 0.682. The third-order valence-corrected chi connectivity index (χ3v) is 4.88. The Hall–Kier alpha value is -2.04. The molecule has 0 aliphatic rings. The third kappa shape index (κ3) is 6.26. The van der Waals surface area contributed by atoms with Crippen LogP contribution in [0.1, 0.15) is 37.8 Å². The van der Waals surface area contributed by atoms with Gasteiger partial charge in [-0.3, -0.25) is 9.59 Å². The van der Waals surface area contributed by atoms with Crippen molar-refractivity contribution in [2.45, 2.75) is 45.8 Å². The highest BCUT2D eigenvalue weighted by Crippen LogP contribution is 2.21. The fourth-order valence-corrected chi connectivity index (χ4v) is 3.19. The first-order valence-electron chi connectivity index (χ1n) is 8.97. The lowest BCUT2D eigenvalue weighted by atomic mass is 10.1. The van der Waals surface area contributed by atoms with E-state index < -0.39 is 6.04 Å². The van der Waals surface area contributed by atoms with E-state index in [4.69, 9.17) is 23.2 Å². The van der Waals surface area contributed by atoms with E-state index >= 15 is 0 Å². The molecule has 144 valence electrons. The minimum Gasteiger partial charge on any atom is -0.350 e. The molecule has 0 fully saturated rings. The van der Waals surface area contributed by atoms with Crippen LogP contribution in [-0.2, 0) is 22.7 Å². The molecule has 0 bridgehead atoms. The van der Waals surface area contributed by atoms with Gasteiger partial charge in [0, 0.05) is 29.6 Å². The predicted octanol–water partition coefficient (Wildman–Crippen LogP) is 4.83. The molecule has 4 nitrogen and oxygen atoms in total. The second kappa shape index (κ2) is 10.3. The molecule has 0 saturated heterocycles. The molecule has 2 aromatic rings. The summed E-state index contributed by atoms with van der Waals surface area (Å²) in [6.45, 7) is 4.37. The Labute approximate surface area is 170 Å². The summed E-state index contributed by atoms with van der Waals surface area (Å²) in [5, 5.41) is 3.90. The van der Waals surface area contributed by atoms with Crippen molar-refractivity contribution in [2.75, 3.05) is 0 Å². The summed E-state index contributed by atoms with van der Waals surface area (Å²) < 4.78 is 0. The molecule has 1 N–H and O–H groups in total. The number of nitrogens with zero attached hydrogens (tertiary/aromatic N) is 1. The van der Waals surface area contributed by atoms with Gasteiger partial charge in [-0.05, 0) is 36.6 Å². The van der Waals surface area contributed by atoms with Crippen molar-refractivity contribution in [2.24, 2.45) is 0 Å². The fraction of sp³-hybridized carbons (Fsp3) is 0.333. The van der Waals surface area contributed by atoms with Crippen molar-refractivity contribution in [3.8, 4) is 0 Å². The fourth-order valence-electron chi connectivity index (χ4n) is 2.72. The summed E-state index contributed by atoms with van der Waals surface area (Å²) in [6, 6.07) is 14.2. The molecule has 0 spiro atoms. The maximum atomic E-state index is 12.7. The van der Waals surface area contributed by atoms with Gasteiger partial charge in [-0.25, -0.2) is 0 Å². The van der Waals surface area contributed by atoms with E-state index in [0.717, 1.165) is 17.5 Å². The molecule has 0 aromatic heterocycles. The molecule has 2 rings (SSSR count). The SMILES string of the molecule is CCCC(=O)N(Cc1ccccc1)[C@H](C)C(=O)NCc1ccc(Cl)cc1Cl. The molecule has 0 unspecified atom stereocenters. The average molecular weight is 407 g/mol. The zero-order chi connectivity index (χ0) is 19.8. The lowest BCUT2D eigenvalue weighted by molar-refractivity contribution is -0.140. The normalized spacial score (nSPS) is 11.7. The molecule has 0 heterocycles. The second-order valence-electron chi connectivity index (χ2n) is 6.39. The van der Waals surface area contributed by atoms with E-state index in [1.54, 1.807) is 30.0 Å². The largest absolute Gasteiger partial charge is 0.350 e. The first-order chi connectivity index (χ1) is 12.9. The Morgan fingerprint density at radius 2 is 1.81 bits per heavy atom. The van der Waals surface area contributed by atoms with Gasteiger partial charge in [-0.1, -0.05) is 66.5 Å². The van der Waals surface area contributed by atoms with Gasteiger partial charge in [0.05, 0.1) is 0 Å². The Morgan fingerprint density at radius 3 is 2.44 bits per heavy atom. The maximum absolute atomic E-state index is 12.7. The Kier molecular flexibility index (Phi) is 8.14. The van der Waals surface area contributed by atoms with Crippen LogP contribution in [0.2, 0.25) is 10.0 Å². The summed E-state index contributed by atoms with van der Waals surface area (Å²) in [6.07, 6.45) is 1.15. The van der Waals surface area contributed by atoms with E-state index in [1.807, 2.05) is 37.3 Å². The van der Waals surface area contributed by atoms with Gasteiger partial charge >= 0.3 is 0 Å². The van der Waals surface area contributed by atoms with E-state index in [2.05, 4.69) is 5.32 Å². The van der Waals surface area contributed by atoms with E-state index in [0.29, 0.717) is 23.0 Å². The third-order valence-electron chi connectivity index (χ3n) is 4.30. The van der Waals surface area contributed by atoms with Crippen LogP contribution in [0.3, 0.4) is 0 Å². The minimum atomic E-state index is -0.588. The monoisotopic (exact) mass is 406 g/mol. The van der Waals surface area contributed by atoms with E-state index in [1.165, 1.54) is 0 Å². The van der Waals surface area contributed by atoms with E-state index in [-0.39, 0.29) is 18.4 Å². The topological polar surface area (TPSA) is 49.4 Å². The summed E-state index contributed by atoms with van der Waals surface area (Å²) in [4.78, 5) is 26.9. The second-order valence-corrected chi connectivity index (χ2v) is 7.23. The number of carbonyl (C=O) groups excluding carboxylic acids is 2. The van der Waals surface area contributed by atoms with E-state index in [9.17, 15) is 9.59 Å². The molecular weight excluding hydrogens is 383 g/mol.